The SMILES string of the molecule is C[C@@H]1CSc2ccc(S(=O)(=O)Nc3cccc(-c4ccno4)c3)cc2NC1=O. The number of nitrogens with one attached hydrogen (secondary N) is 2. The number of anilines is 2. The van der Waals surface area contributed by atoms with Crippen LogP contribution in [0.2, 0.25) is 0 Å². The predicted octanol–water partition coefficient (Wildman–Crippen LogP) is 3.82. The van der Waals surface area contributed by atoms with Crippen LogP contribution in [0.5, 0.6) is 0 Å². The Morgan fingerprint density at radius 3 is 2.86 bits per heavy atom. The molecule has 9 heteroatoms. The summed E-state index contributed by atoms with van der Waals surface area (Å²) in [4.78, 5) is 13.0. The molecule has 1 atom stereocenters. The van der Waals surface area contributed by atoms with Crippen LogP contribution in [0.15, 0.2) is 69.0 Å². The standard InChI is InChI=1S/C19H17N3O4S2/c1-12-11-27-18-6-5-15(10-16(18)21-19(12)23)28(24,25)22-14-4-2-3-13(9-14)17-7-8-20-26-17/h2-10,12,22H,11H2,1H3,(H,21,23)/t12-/m1/s1. The van der Waals surface area contributed by atoms with Gasteiger partial charge in [0.2, 0.25) is 5.91 Å². The molecular formula is C19H17N3O4S2. The molecule has 1 aliphatic heterocycles. The zero-order chi connectivity index (χ0) is 19.7. The van der Waals surface area contributed by atoms with E-state index in [-0.39, 0.29) is 16.7 Å². The zero-order valence-electron chi connectivity index (χ0n) is 14.9. The highest BCUT2D eigenvalue weighted by Gasteiger charge is 2.23. The molecule has 1 aromatic heterocycles. The van der Waals surface area contributed by atoms with E-state index in [4.69, 9.17) is 4.52 Å². The van der Waals surface area contributed by atoms with Gasteiger partial charge in [-0.15, -0.1) is 11.8 Å². The van der Waals surface area contributed by atoms with Crippen LogP contribution in [0.25, 0.3) is 11.3 Å². The maximum atomic E-state index is 12.9. The second-order valence-electron chi connectivity index (χ2n) is 6.42. The number of sulfonamides is 1. The molecule has 2 aromatic carbocycles. The number of nitrogens with zero attached hydrogens (tertiary/aromatic N) is 1. The van der Waals surface area contributed by atoms with Gasteiger partial charge in [0.15, 0.2) is 5.76 Å². The fraction of sp³-hybridized carbons (Fsp3) is 0.158. The lowest BCUT2D eigenvalue weighted by molar-refractivity contribution is -0.118. The molecule has 1 amide bonds. The first-order valence-corrected chi connectivity index (χ1v) is 11.0. The number of thioether (sulfide) groups is 1. The van der Waals surface area contributed by atoms with Crippen molar-refractivity contribution in [3.8, 4) is 11.3 Å². The second-order valence-corrected chi connectivity index (χ2v) is 9.17. The van der Waals surface area contributed by atoms with Gasteiger partial charge in [-0.25, -0.2) is 8.42 Å². The molecule has 4 rings (SSSR count). The van der Waals surface area contributed by atoms with E-state index in [0.717, 1.165) is 4.90 Å². The van der Waals surface area contributed by atoms with Gasteiger partial charge in [0.1, 0.15) is 0 Å². The van der Waals surface area contributed by atoms with Crippen LogP contribution < -0.4 is 10.0 Å². The maximum Gasteiger partial charge on any atom is 0.261 e. The number of carbonyl (C=O) groups is 1. The van der Waals surface area contributed by atoms with Gasteiger partial charge in [-0.05, 0) is 30.3 Å². The molecule has 3 aromatic rings. The van der Waals surface area contributed by atoms with Crippen molar-refractivity contribution in [3.05, 3.63) is 54.7 Å². The van der Waals surface area contributed by atoms with Crippen molar-refractivity contribution in [2.45, 2.75) is 16.7 Å². The fourth-order valence-corrected chi connectivity index (χ4v) is 4.85. The van der Waals surface area contributed by atoms with E-state index < -0.39 is 10.0 Å². The summed E-state index contributed by atoms with van der Waals surface area (Å²) in [5.41, 5.74) is 1.62. The summed E-state index contributed by atoms with van der Waals surface area (Å²) in [6.07, 6.45) is 1.52. The number of aromatic nitrogens is 1. The topological polar surface area (TPSA) is 101 Å². The Hall–Kier alpha value is -2.78. The monoisotopic (exact) mass is 415 g/mol. The molecule has 0 saturated heterocycles. The van der Waals surface area contributed by atoms with Crippen molar-refractivity contribution in [3.63, 3.8) is 0 Å². The molecular weight excluding hydrogens is 398 g/mol. The zero-order valence-corrected chi connectivity index (χ0v) is 16.5. The van der Waals surface area contributed by atoms with Gasteiger partial charge in [0, 0.05) is 33.9 Å². The Morgan fingerprint density at radius 1 is 1.21 bits per heavy atom. The Balaban J connectivity index is 1.62. The largest absolute Gasteiger partial charge is 0.356 e. The highest BCUT2D eigenvalue weighted by atomic mass is 32.2. The van der Waals surface area contributed by atoms with Crippen LogP contribution >= 0.6 is 11.8 Å². The maximum absolute atomic E-state index is 12.9. The molecule has 28 heavy (non-hydrogen) atoms. The van der Waals surface area contributed by atoms with E-state index in [1.165, 1.54) is 30.1 Å². The highest BCUT2D eigenvalue weighted by molar-refractivity contribution is 7.99. The molecule has 0 bridgehead atoms. The minimum atomic E-state index is -3.83. The first kappa shape index (κ1) is 18.6. The summed E-state index contributed by atoms with van der Waals surface area (Å²) in [5, 5.41) is 6.47. The number of hydrogen-bond donors (Lipinski definition) is 2. The highest BCUT2D eigenvalue weighted by Crippen LogP contribution is 2.34. The lowest BCUT2D eigenvalue weighted by atomic mass is 10.1. The molecule has 0 fully saturated rings. The smallest absolute Gasteiger partial charge is 0.261 e. The molecule has 7 nitrogen and oxygen atoms in total. The molecule has 2 N–H and O–H groups in total. The number of benzene rings is 2. The molecule has 0 aliphatic carbocycles. The Morgan fingerprint density at radius 2 is 2.07 bits per heavy atom. The van der Waals surface area contributed by atoms with Gasteiger partial charge in [0.25, 0.3) is 10.0 Å². The molecule has 144 valence electrons. The van der Waals surface area contributed by atoms with Crippen LogP contribution in [0.3, 0.4) is 0 Å². The first-order valence-electron chi connectivity index (χ1n) is 8.54. The van der Waals surface area contributed by atoms with Crippen LogP contribution in [0.4, 0.5) is 11.4 Å². The molecule has 0 saturated carbocycles. The average molecular weight is 415 g/mol. The van der Waals surface area contributed by atoms with Gasteiger partial charge in [-0.3, -0.25) is 9.52 Å². The predicted molar refractivity (Wildman–Crippen MR) is 108 cm³/mol. The third-order valence-electron chi connectivity index (χ3n) is 4.29. The van der Waals surface area contributed by atoms with Gasteiger partial charge in [-0.2, -0.15) is 0 Å². The Bertz CT molecular complexity index is 1130. The van der Waals surface area contributed by atoms with Gasteiger partial charge in [0.05, 0.1) is 16.8 Å². The van der Waals surface area contributed by atoms with Crippen LogP contribution in [-0.4, -0.2) is 25.2 Å². The summed E-state index contributed by atoms with van der Waals surface area (Å²) in [6.45, 7) is 1.84. The fourth-order valence-electron chi connectivity index (χ4n) is 2.76. The van der Waals surface area contributed by atoms with Crippen molar-refractivity contribution in [1.29, 1.82) is 0 Å². The van der Waals surface area contributed by atoms with Crippen molar-refractivity contribution < 1.29 is 17.7 Å². The number of fused-ring (bicyclic) bond motifs is 1. The van der Waals surface area contributed by atoms with Crippen molar-refractivity contribution in [2.24, 2.45) is 5.92 Å². The quantitative estimate of drug-likeness (QED) is 0.672. The lowest BCUT2D eigenvalue weighted by Gasteiger charge is -2.12. The van der Waals surface area contributed by atoms with E-state index in [9.17, 15) is 13.2 Å². The summed E-state index contributed by atoms with van der Waals surface area (Å²) < 4.78 is 33.4. The van der Waals surface area contributed by atoms with Gasteiger partial charge < -0.3 is 9.84 Å². The number of rotatable bonds is 4. The van der Waals surface area contributed by atoms with Crippen molar-refractivity contribution >= 4 is 39.1 Å². The van der Waals surface area contributed by atoms with Crippen LogP contribution in [-0.2, 0) is 14.8 Å². The third-order valence-corrected chi connectivity index (χ3v) is 7.01. The average Bonchev–Trinajstić information content (AvgIpc) is 3.16. The summed E-state index contributed by atoms with van der Waals surface area (Å²) in [7, 11) is -3.83. The molecule has 0 unspecified atom stereocenters. The second kappa shape index (κ2) is 7.33. The Kier molecular flexibility index (Phi) is 4.86. The molecule has 1 aliphatic rings. The first-order chi connectivity index (χ1) is 13.4. The van der Waals surface area contributed by atoms with E-state index in [1.807, 2.05) is 6.92 Å². The summed E-state index contributed by atoms with van der Waals surface area (Å²) in [6, 6.07) is 13.3. The molecule has 0 spiro atoms. The minimum Gasteiger partial charge on any atom is -0.356 e. The van der Waals surface area contributed by atoms with Crippen LogP contribution in [0, 0.1) is 5.92 Å². The summed E-state index contributed by atoms with van der Waals surface area (Å²) >= 11 is 1.53. The number of carbonyl (C=O) groups excluding carboxylic acids is 1. The van der Waals surface area contributed by atoms with E-state index in [0.29, 0.717) is 28.5 Å². The van der Waals surface area contributed by atoms with Crippen molar-refractivity contribution in [2.75, 3.05) is 15.8 Å². The van der Waals surface area contributed by atoms with Crippen molar-refractivity contribution in [1.82, 2.24) is 5.16 Å². The minimum absolute atomic E-state index is 0.0757. The van der Waals surface area contributed by atoms with E-state index >= 15 is 0 Å². The molecule has 2 heterocycles. The Labute approximate surface area is 166 Å². The number of hydrogen-bond acceptors (Lipinski definition) is 6. The van der Waals surface area contributed by atoms with E-state index in [2.05, 4.69) is 15.2 Å². The lowest BCUT2D eigenvalue weighted by Crippen LogP contribution is -2.20. The van der Waals surface area contributed by atoms with Gasteiger partial charge in [-0.1, -0.05) is 24.2 Å². The van der Waals surface area contributed by atoms with Crippen LogP contribution in [0.1, 0.15) is 6.92 Å². The number of amides is 1. The third kappa shape index (κ3) is 3.76. The normalized spacial score (nSPS) is 16.8. The van der Waals surface area contributed by atoms with Gasteiger partial charge >= 0.3 is 0 Å². The van der Waals surface area contributed by atoms with E-state index in [1.54, 1.807) is 36.4 Å². The molecule has 0 radical (unpaired) electrons. The summed E-state index contributed by atoms with van der Waals surface area (Å²) in [5.74, 6) is 0.931.